The summed E-state index contributed by atoms with van der Waals surface area (Å²) in [5.41, 5.74) is -0.208. The highest BCUT2D eigenvalue weighted by molar-refractivity contribution is 7.99. The van der Waals surface area contributed by atoms with E-state index in [4.69, 9.17) is 4.74 Å². The number of hydrogen-bond donors (Lipinski definition) is 1. The fourth-order valence-corrected chi connectivity index (χ4v) is 5.52. The summed E-state index contributed by atoms with van der Waals surface area (Å²) in [6.07, 6.45) is 5.89. The lowest BCUT2D eigenvalue weighted by molar-refractivity contribution is -0.143. The van der Waals surface area contributed by atoms with Crippen LogP contribution in [0.25, 0.3) is 10.8 Å². The monoisotopic (exact) mass is 480 g/mol. The summed E-state index contributed by atoms with van der Waals surface area (Å²) >= 11 is 1.17. The van der Waals surface area contributed by atoms with E-state index in [1.54, 1.807) is 14.0 Å². The van der Waals surface area contributed by atoms with Crippen molar-refractivity contribution in [2.45, 2.75) is 55.6 Å². The van der Waals surface area contributed by atoms with Gasteiger partial charge in [0, 0.05) is 23.1 Å². The molecular formula is C24H33ClN2O4S. The van der Waals surface area contributed by atoms with E-state index in [1.807, 2.05) is 43.4 Å². The van der Waals surface area contributed by atoms with Crippen LogP contribution in [0.3, 0.4) is 0 Å². The quantitative estimate of drug-likeness (QED) is 0.329. The van der Waals surface area contributed by atoms with E-state index in [-0.39, 0.29) is 17.2 Å². The van der Waals surface area contributed by atoms with Crippen molar-refractivity contribution in [2.24, 2.45) is 4.58 Å². The number of benzene rings is 2. The zero-order valence-electron chi connectivity index (χ0n) is 19.0. The number of hydrogen-bond acceptors (Lipinski definition) is 6. The number of carboxylic acids is 1. The highest BCUT2D eigenvalue weighted by Gasteiger charge is 2.38. The number of fused-ring (bicyclic) bond motifs is 1. The third-order valence-electron chi connectivity index (χ3n) is 6.70. The second kappa shape index (κ2) is 11.3. The number of ether oxygens (including phenoxy) is 1. The lowest BCUT2D eigenvalue weighted by atomic mass is 9.78. The van der Waals surface area contributed by atoms with Gasteiger partial charge in [0.2, 0.25) is 0 Å². The largest absolute Gasteiger partial charge is 0.497 e. The van der Waals surface area contributed by atoms with Gasteiger partial charge in [-0.3, -0.25) is 4.79 Å². The molecule has 1 saturated carbocycles. The van der Waals surface area contributed by atoms with Gasteiger partial charge < -0.3 is 14.7 Å². The lowest BCUT2D eigenvalue weighted by Gasteiger charge is -2.38. The van der Waals surface area contributed by atoms with Gasteiger partial charge in [-0.25, -0.2) is 0 Å². The number of aliphatic carboxylic acids is 1. The maximum atomic E-state index is 12.3. The first kappa shape index (κ1) is 26.4. The molecule has 1 aliphatic carbocycles. The molecule has 0 heterocycles. The Bertz CT molecular complexity index is 935. The second-order valence-electron chi connectivity index (χ2n) is 8.96. The van der Waals surface area contributed by atoms with Gasteiger partial charge in [0.05, 0.1) is 17.3 Å². The van der Waals surface area contributed by atoms with E-state index in [0.717, 1.165) is 54.3 Å². The number of carboxylic acid groups (broad SMARTS) is 1. The van der Waals surface area contributed by atoms with E-state index in [2.05, 4.69) is 9.48 Å². The summed E-state index contributed by atoms with van der Waals surface area (Å²) < 4.78 is 8.29. The predicted molar refractivity (Wildman–Crippen MR) is 134 cm³/mol. The molecule has 2 aromatic rings. The fraction of sp³-hybridized carbons (Fsp3) is 0.542. The second-order valence-corrected chi connectivity index (χ2v) is 10.2. The number of rotatable bonds is 10. The van der Waals surface area contributed by atoms with E-state index in [9.17, 15) is 14.8 Å². The molecule has 0 spiro atoms. The van der Waals surface area contributed by atoms with Crippen LogP contribution in [0, 0.1) is 4.91 Å². The molecule has 8 heteroatoms. The van der Waals surface area contributed by atoms with Crippen LogP contribution in [0.1, 0.15) is 51.0 Å². The molecule has 2 aromatic carbocycles. The fourth-order valence-electron chi connectivity index (χ4n) is 4.61. The minimum atomic E-state index is -1.00. The van der Waals surface area contributed by atoms with E-state index in [0.29, 0.717) is 13.0 Å². The molecule has 1 aliphatic rings. The molecule has 176 valence electrons. The maximum absolute atomic E-state index is 12.3. The van der Waals surface area contributed by atoms with Gasteiger partial charge in [-0.2, -0.15) is 0 Å². The highest BCUT2D eigenvalue weighted by atomic mass is 35.5. The van der Waals surface area contributed by atoms with Crippen LogP contribution in [-0.2, 0) is 10.2 Å². The Morgan fingerprint density at radius 2 is 1.84 bits per heavy atom. The topological polar surface area (TPSA) is 79.2 Å². The molecule has 0 bridgehead atoms. The molecule has 1 N–H and O–H groups in total. The van der Waals surface area contributed by atoms with Crippen LogP contribution < -0.4 is 4.74 Å². The highest BCUT2D eigenvalue weighted by Crippen LogP contribution is 2.41. The van der Waals surface area contributed by atoms with Crippen molar-refractivity contribution >= 4 is 41.1 Å². The molecule has 6 nitrogen and oxygen atoms in total. The lowest BCUT2D eigenvalue weighted by Crippen LogP contribution is -2.43. The minimum Gasteiger partial charge on any atom is -0.497 e. The molecule has 1 atom stereocenters. The van der Waals surface area contributed by atoms with Gasteiger partial charge in [-0.05, 0) is 68.2 Å². The van der Waals surface area contributed by atoms with Crippen molar-refractivity contribution < 1.29 is 14.6 Å². The van der Waals surface area contributed by atoms with Crippen molar-refractivity contribution in [3.63, 3.8) is 0 Å². The van der Waals surface area contributed by atoms with Gasteiger partial charge >= 0.3 is 5.97 Å². The normalized spacial score (nSPS) is 17.4. The SMILES string of the molecule is COc1ccc2cc([C@](C)(CCN(C)CC3(SN=O)CCCCC3)C(=O)O)ccc2c1.Cl. The summed E-state index contributed by atoms with van der Waals surface area (Å²) in [6, 6.07) is 11.6. The van der Waals surface area contributed by atoms with E-state index >= 15 is 0 Å². The summed E-state index contributed by atoms with van der Waals surface area (Å²) in [4.78, 5) is 25.5. The first-order valence-corrected chi connectivity index (χ1v) is 11.6. The van der Waals surface area contributed by atoms with Crippen LogP contribution in [0.2, 0.25) is 0 Å². The minimum absolute atomic E-state index is 0. The van der Waals surface area contributed by atoms with Gasteiger partial charge in [-0.15, -0.1) is 17.3 Å². The van der Waals surface area contributed by atoms with E-state index < -0.39 is 11.4 Å². The van der Waals surface area contributed by atoms with E-state index in [1.165, 1.54) is 18.4 Å². The molecule has 0 aromatic heterocycles. The molecule has 0 amide bonds. The maximum Gasteiger partial charge on any atom is 0.313 e. The van der Waals surface area contributed by atoms with Crippen LogP contribution in [0.15, 0.2) is 41.0 Å². The van der Waals surface area contributed by atoms with Crippen molar-refractivity contribution in [1.82, 2.24) is 4.90 Å². The molecule has 3 rings (SSSR count). The molecule has 0 aliphatic heterocycles. The first-order chi connectivity index (χ1) is 14.8. The number of nitrogens with zero attached hydrogens (tertiary/aromatic N) is 2. The summed E-state index contributed by atoms with van der Waals surface area (Å²) in [5.74, 6) is -0.0488. The smallest absolute Gasteiger partial charge is 0.313 e. The molecule has 1 fully saturated rings. The Kier molecular flexibility index (Phi) is 9.37. The number of methoxy groups -OCH3 is 1. The van der Waals surface area contributed by atoms with Crippen molar-refractivity contribution in [1.29, 1.82) is 0 Å². The van der Waals surface area contributed by atoms with Crippen molar-refractivity contribution in [3.8, 4) is 5.75 Å². The first-order valence-electron chi connectivity index (χ1n) is 10.8. The molecule has 0 saturated heterocycles. The zero-order chi connectivity index (χ0) is 22.5. The van der Waals surface area contributed by atoms with Gasteiger partial charge in [-0.1, -0.05) is 43.5 Å². The molecule has 0 unspecified atom stereocenters. The number of carbonyl (C=O) groups is 1. The van der Waals surface area contributed by atoms with Gasteiger partial charge in [0.15, 0.2) is 0 Å². The Labute approximate surface area is 200 Å². The van der Waals surface area contributed by atoms with Crippen molar-refractivity contribution in [3.05, 3.63) is 46.9 Å². The Hall–Kier alpha value is -1.83. The molecule has 32 heavy (non-hydrogen) atoms. The third kappa shape index (κ3) is 5.94. The average Bonchev–Trinajstić information content (AvgIpc) is 2.77. The average molecular weight is 481 g/mol. The van der Waals surface area contributed by atoms with Crippen molar-refractivity contribution in [2.75, 3.05) is 27.2 Å². The zero-order valence-corrected chi connectivity index (χ0v) is 20.6. The van der Waals surface area contributed by atoms with Crippen LogP contribution in [0.4, 0.5) is 0 Å². The van der Waals surface area contributed by atoms with Crippen LogP contribution >= 0.6 is 24.4 Å². The summed E-state index contributed by atoms with van der Waals surface area (Å²) in [6.45, 7) is 3.17. The number of halogens is 1. The third-order valence-corrected chi connectivity index (χ3v) is 7.70. The Morgan fingerprint density at radius 1 is 1.19 bits per heavy atom. The Morgan fingerprint density at radius 3 is 2.47 bits per heavy atom. The summed E-state index contributed by atoms with van der Waals surface area (Å²) in [7, 11) is 3.64. The van der Waals surface area contributed by atoms with Crippen LogP contribution in [0.5, 0.6) is 5.75 Å². The molecular weight excluding hydrogens is 448 g/mol. The standard InChI is InChI=1S/C24H32N2O4S.ClH/c1-23(22(27)28,20-9-7-19-16-21(30-3)10-8-18(19)15-20)13-14-26(2)17-24(31-25-29)11-5-4-6-12-24;/h7-10,15-16H,4-6,11-14,17H2,1-3H3,(H,27,28);1H/t23-;/m0./s1. The van der Waals surface area contributed by atoms with Gasteiger partial charge in [0.1, 0.15) is 5.75 Å². The number of nitroso groups, excluding NO2 is 1. The Balaban J connectivity index is 0.00000363. The van der Waals surface area contributed by atoms with Gasteiger partial charge in [0.25, 0.3) is 0 Å². The molecule has 0 radical (unpaired) electrons. The summed E-state index contributed by atoms with van der Waals surface area (Å²) in [5, 5.41) is 12.1. The van der Waals surface area contributed by atoms with Crippen LogP contribution in [-0.4, -0.2) is 48.0 Å². The predicted octanol–water partition coefficient (Wildman–Crippen LogP) is 6.05.